The summed E-state index contributed by atoms with van der Waals surface area (Å²) in [6.45, 7) is 16.1. The first kappa shape index (κ1) is 14.9. The molecule has 0 aromatic carbocycles. The molecule has 0 bridgehead atoms. The third-order valence-corrected chi connectivity index (χ3v) is 4.10. The van der Waals surface area contributed by atoms with Gasteiger partial charge in [-0.3, -0.25) is 9.80 Å². The van der Waals surface area contributed by atoms with Gasteiger partial charge < -0.3 is 5.32 Å². The van der Waals surface area contributed by atoms with Gasteiger partial charge in [0, 0.05) is 43.8 Å². The summed E-state index contributed by atoms with van der Waals surface area (Å²) >= 11 is 0. The molecule has 0 spiro atoms. The Balaban J connectivity index is 2.52. The molecular formula is C14H31N3. The minimum Gasteiger partial charge on any atom is -0.313 e. The van der Waals surface area contributed by atoms with E-state index in [0.717, 1.165) is 6.54 Å². The van der Waals surface area contributed by atoms with Gasteiger partial charge in [-0.2, -0.15) is 0 Å². The van der Waals surface area contributed by atoms with Crippen LogP contribution in [0.1, 0.15) is 41.0 Å². The lowest BCUT2D eigenvalue weighted by Crippen LogP contribution is -2.61. The summed E-state index contributed by atoms with van der Waals surface area (Å²) in [7, 11) is 2.24. The first-order valence-electron chi connectivity index (χ1n) is 7.05. The van der Waals surface area contributed by atoms with Gasteiger partial charge in [0.1, 0.15) is 0 Å². The highest BCUT2D eigenvalue weighted by Gasteiger charge is 2.33. The minimum absolute atomic E-state index is 0.309. The molecule has 17 heavy (non-hydrogen) atoms. The molecule has 1 aliphatic rings. The molecule has 1 aliphatic heterocycles. The van der Waals surface area contributed by atoms with Crippen LogP contribution in [0.5, 0.6) is 0 Å². The van der Waals surface area contributed by atoms with Crippen molar-refractivity contribution in [3.05, 3.63) is 0 Å². The van der Waals surface area contributed by atoms with Gasteiger partial charge in [0.25, 0.3) is 0 Å². The van der Waals surface area contributed by atoms with Gasteiger partial charge in [0.15, 0.2) is 0 Å². The van der Waals surface area contributed by atoms with E-state index in [4.69, 9.17) is 0 Å². The maximum atomic E-state index is 3.58. The Morgan fingerprint density at radius 1 is 1.24 bits per heavy atom. The van der Waals surface area contributed by atoms with Crippen LogP contribution in [0.25, 0.3) is 0 Å². The molecule has 3 heteroatoms. The monoisotopic (exact) mass is 241 g/mol. The lowest BCUT2D eigenvalue weighted by molar-refractivity contribution is 0.0155. The maximum absolute atomic E-state index is 3.58. The molecule has 1 unspecified atom stereocenters. The van der Waals surface area contributed by atoms with Crippen LogP contribution < -0.4 is 5.32 Å². The molecule has 0 aromatic heterocycles. The number of nitrogens with zero attached hydrogens (tertiary/aromatic N) is 2. The van der Waals surface area contributed by atoms with E-state index in [-0.39, 0.29) is 0 Å². The van der Waals surface area contributed by atoms with Gasteiger partial charge >= 0.3 is 0 Å². The predicted octanol–water partition coefficient (Wildman–Crippen LogP) is 1.79. The third-order valence-electron chi connectivity index (χ3n) is 4.10. The van der Waals surface area contributed by atoms with Gasteiger partial charge in [-0.25, -0.2) is 0 Å². The second-order valence-electron chi connectivity index (χ2n) is 6.33. The normalized spacial score (nSPS) is 24.2. The van der Waals surface area contributed by atoms with E-state index in [2.05, 4.69) is 56.8 Å². The highest BCUT2D eigenvalue weighted by atomic mass is 15.3. The van der Waals surface area contributed by atoms with E-state index >= 15 is 0 Å². The van der Waals surface area contributed by atoms with Crippen molar-refractivity contribution in [1.29, 1.82) is 0 Å². The van der Waals surface area contributed by atoms with Crippen LogP contribution >= 0.6 is 0 Å². The van der Waals surface area contributed by atoms with Crippen molar-refractivity contribution in [2.24, 2.45) is 0 Å². The zero-order chi connectivity index (χ0) is 13.1. The summed E-state index contributed by atoms with van der Waals surface area (Å²) in [6.07, 6.45) is 1.24. The number of rotatable bonds is 5. The second kappa shape index (κ2) is 6.17. The highest BCUT2D eigenvalue weighted by molar-refractivity contribution is 4.91. The lowest BCUT2D eigenvalue weighted by atomic mass is 9.97. The number of hydrogen-bond donors (Lipinski definition) is 1. The molecule has 3 nitrogen and oxygen atoms in total. The summed E-state index contributed by atoms with van der Waals surface area (Å²) in [5.41, 5.74) is 0.309. The average molecular weight is 241 g/mol. The quantitative estimate of drug-likeness (QED) is 0.792. The molecule has 1 heterocycles. The Hall–Kier alpha value is -0.120. The lowest BCUT2D eigenvalue weighted by Gasteiger charge is -2.48. The number of nitrogens with one attached hydrogen (secondary N) is 1. The Morgan fingerprint density at radius 3 is 2.35 bits per heavy atom. The molecule has 0 saturated carbocycles. The van der Waals surface area contributed by atoms with Gasteiger partial charge in [-0.15, -0.1) is 0 Å². The first-order chi connectivity index (χ1) is 7.86. The molecule has 102 valence electrons. The molecule has 0 radical (unpaired) electrons. The van der Waals surface area contributed by atoms with Crippen LogP contribution in [0.4, 0.5) is 0 Å². The Labute approximate surface area is 108 Å². The van der Waals surface area contributed by atoms with E-state index in [1.54, 1.807) is 0 Å². The highest BCUT2D eigenvalue weighted by Crippen LogP contribution is 2.21. The molecule has 0 aliphatic carbocycles. The van der Waals surface area contributed by atoms with Crippen LogP contribution in [0, 0.1) is 0 Å². The molecule has 0 aromatic rings. The summed E-state index contributed by atoms with van der Waals surface area (Å²) in [5.74, 6) is 0. The predicted molar refractivity (Wildman–Crippen MR) is 75.5 cm³/mol. The number of likely N-dealkylation sites (N-methyl/N-ethyl adjacent to an activating group) is 1. The fourth-order valence-corrected chi connectivity index (χ4v) is 2.49. The Bertz CT molecular complexity index is 226. The molecule has 1 fully saturated rings. The fraction of sp³-hybridized carbons (Fsp3) is 1.00. The first-order valence-corrected chi connectivity index (χ1v) is 7.05. The molecule has 1 saturated heterocycles. The van der Waals surface area contributed by atoms with Crippen molar-refractivity contribution < 1.29 is 0 Å². The summed E-state index contributed by atoms with van der Waals surface area (Å²) in [5, 5.41) is 3.58. The zero-order valence-electron chi connectivity index (χ0n) is 12.6. The molecule has 1 N–H and O–H groups in total. The average Bonchev–Trinajstić information content (AvgIpc) is 2.23. The third kappa shape index (κ3) is 4.23. The molecular weight excluding hydrogens is 210 g/mol. The van der Waals surface area contributed by atoms with E-state index in [0.29, 0.717) is 17.6 Å². The summed E-state index contributed by atoms with van der Waals surface area (Å²) in [4.78, 5) is 5.14. The molecule has 1 rings (SSSR count). The second-order valence-corrected chi connectivity index (χ2v) is 6.33. The smallest absolute Gasteiger partial charge is 0.0277 e. The van der Waals surface area contributed by atoms with Gasteiger partial charge in [-0.05, 0) is 27.3 Å². The van der Waals surface area contributed by atoms with Crippen LogP contribution in [0.15, 0.2) is 0 Å². The van der Waals surface area contributed by atoms with Crippen molar-refractivity contribution in [1.82, 2.24) is 15.1 Å². The zero-order valence-corrected chi connectivity index (χ0v) is 12.6. The van der Waals surface area contributed by atoms with Crippen molar-refractivity contribution in [3.8, 4) is 0 Å². The fourth-order valence-electron chi connectivity index (χ4n) is 2.49. The topological polar surface area (TPSA) is 18.5 Å². The van der Waals surface area contributed by atoms with Gasteiger partial charge in [0.2, 0.25) is 0 Å². The van der Waals surface area contributed by atoms with E-state index in [1.165, 1.54) is 26.1 Å². The summed E-state index contributed by atoms with van der Waals surface area (Å²) in [6, 6.07) is 1.27. The van der Waals surface area contributed by atoms with Crippen molar-refractivity contribution in [2.75, 3.05) is 33.2 Å². The Morgan fingerprint density at radius 2 is 1.88 bits per heavy atom. The minimum atomic E-state index is 0.309. The van der Waals surface area contributed by atoms with E-state index in [9.17, 15) is 0 Å². The SMILES string of the molecule is CCC(CNC(C)C)N1CCN(C)C(C)(C)C1. The number of hydrogen-bond acceptors (Lipinski definition) is 3. The number of piperazine rings is 1. The largest absolute Gasteiger partial charge is 0.313 e. The standard InChI is InChI=1S/C14H31N3/c1-7-13(10-15-12(2)3)17-9-8-16(6)14(4,5)11-17/h12-13,15H,7-11H2,1-6H3. The van der Waals surface area contributed by atoms with E-state index < -0.39 is 0 Å². The van der Waals surface area contributed by atoms with Crippen LogP contribution in [0.2, 0.25) is 0 Å². The van der Waals surface area contributed by atoms with Gasteiger partial charge in [-0.1, -0.05) is 20.8 Å². The Kier molecular flexibility index (Phi) is 5.42. The molecule has 1 atom stereocenters. The van der Waals surface area contributed by atoms with Crippen molar-refractivity contribution in [3.63, 3.8) is 0 Å². The van der Waals surface area contributed by atoms with Crippen molar-refractivity contribution >= 4 is 0 Å². The summed E-state index contributed by atoms with van der Waals surface area (Å²) < 4.78 is 0. The van der Waals surface area contributed by atoms with Crippen molar-refractivity contribution in [2.45, 2.75) is 58.7 Å². The molecule has 0 amide bonds. The van der Waals surface area contributed by atoms with Crippen LogP contribution in [-0.2, 0) is 0 Å². The maximum Gasteiger partial charge on any atom is 0.0277 e. The van der Waals surface area contributed by atoms with Crippen LogP contribution in [-0.4, -0.2) is 60.6 Å². The van der Waals surface area contributed by atoms with E-state index in [1.807, 2.05) is 0 Å². The van der Waals surface area contributed by atoms with Gasteiger partial charge in [0.05, 0.1) is 0 Å². The van der Waals surface area contributed by atoms with Crippen LogP contribution in [0.3, 0.4) is 0 Å².